The number of hydrogen-bond donors (Lipinski definition) is 2. The van der Waals surface area contributed by atoms with Gasteiger partial charge in [0.15, 0.2) is 16.2 Å². The normalized spacial score (nSPS) is 21.2. The summed E-state index contributed by atoms with van der Waals surface area (Å²) in [6.45, 7) is 1.95. The molecular formula is C17H16Cl2FN3OS2. The lowest BCUT2D eigenvalue weighted by molar-refractivity contribution is 0.481. The first kappa shape index (κ1) is 19.5. The Morgan fingerprint density at radius 3 is 2.77 bits per heavy atom. The van der Waals surface area contributed by atoms with Crippen molar-refractivity contribution in [2.75, 3.05) is 10.5 Å². The number of amidine groups is 1. The van der Waals surface area contributed by atoms with Crippen LogP contribution < -0.4 is 10.5 Å². The van der Waals surface area contributed by atoms with Gasteiger partial charge in [-0.2, -0.15) is 0 Å². The zero-order valence-electron chi connectivity index (χ0n) is 13.8. The third kappa shape index (κ3) is 4.17. The van der Waals surface area contributed by atoms with E-state index >= 15 is 0 Å². The SMILES string of the molecule is CC1(c2ccc(F)c(NS(=O)c3ccc(Cl)cc3Cl)c2)CCSC(N)=N1. The van der Waals surface area contributed by atoms with Crippen molar-refractivity contribution in [1.29, 1.82) is 0 Å². The number of anilines is 1. The van der Waals surface area contributed by atoms with E-state index in [0.717, 1.165) is 17.7 Å². The topological polar surface area (TPSA) is 67.5 Å². The predicted octanol–water partition coefficient (Wildman–Crippen LogP) is 4.93. The van der Waals surface area contributed by atoms with Crippen LogP contribution in [0.5, 0.6) is 0 Å². The van der Waals surface area contributed by atoms with E-state index in [1.165, 1.54) is 23.9 Å². The Labute approximate surface area is 167 Å². The van der Waals surface area contributed by atoms with Crippen LogP contribution >= 0.6 is 35.0 Å². The maximum Gasteiger partial charge on any atom is 0.154 e. The summed E-state index contributed by atoms with van der Waals surface area (Å²) in [5, 5.41) is 1.19. The van der Waals surface area contributed by atoms with E-state index in [9.17, 15) is 8.60 Å². The smallest absolute Gasteiger partial charge is 0.154 e. The van der Waals surface area contributed by atoms with Crippen molar-refractivity contribution in [2.45, 2.75) is 23.8 Å². The Balaban J connectivity index is 1.91. The molecule has 0 fully saturated rings. The lowest BCUT2D eigenvalue weighted by Crippen LogP contribution is -2.28. The van der Waals surface area contributed by atoms with Crippen LogP contribution in [-0.2, 0) is 16.5 Å². The van der Waals surface area contributed by atoms with Crippen molar-refractivity contribution in [3.8, 4) is 0 Å². The second-order valence-electron chi connectivity index (χ2n) is 5.96. The molecule has 0 bridgehead atoms. The number of thioether (sulfide) groups is 1. The number of nitrogens with two attached hydrogens (primary N) is 1. The van der Waals surface area contributed by atoms with Crippen molar-refractivity contribution >= 4 is 56.8 Å². The maximum atomic E-state index is 14.3. The highest BCUT2D eigenvalue weighted by atomic mass is 35.5. The summed E-state index contributed by atoms with van der Waals surface area (Å²) < 4.78 is 29.5. The number of nitrogens with one attached hydrogen (secondary N) is 1. The summed E-state index contributed by atoms with van der Waals surface area (Å²) in [5.41, 5.74) is 6.21. The van der Waals surface area contributed by atoms with Gasteiger partial charge >= 0.3 is 0 Å². The minimum Gasteiger partial charge on any atom is -0.379 e. The molecule has 4 nitrogen and oxygen atoms in total. The third-order valence-electron chi connectivity index (χ3n) is 4.08. The fraction of sp³-hybridized carbons (Fsp3) is 0.235. The molecule has 0 amide bonds. The third-order valence-corrected chi connectivity index (χ3v) is 6.70. The van der Waals surface area contributed by atoms with Gasteiger partial charge in [0, 0.05) is 10.8 Å². The van der Waals surface area contributed by atoms with Crippen molar-refractivity contribution in [1.82, 2.24) is 0 Å². The molecule has 3 rings (SSSR count). The summed E-state index contributed by atoms with van der Waals surface area (Å²) in [6, 6.07) is 9.23. The van der Waals surface area contributed by atoms with E-state index in [-0.39, 0.29) is 10.7 Å². The van der Waals surface area contributed by atoms with Gasteiger partial charge < -0.3 is 5.73 Å². The van der Waals surface area contributed by atoms with Crippen molar-refractivity contribution < 1.29 is 8.60 Å². The molecule has 0 aromatic heterocycles. The monoisotopic (exact) mass is 431 g/mol. The van der Waals surface area contributed by atoms with Gasteiger partial charge in [0.25, 0.3) is 0 Å². The molecule has 2 unspecified atom stereocenters. The van der Waals surface area contributed by atoms with Crippen LogP contribution in [0.15, 0.2) is 46.3 Å². The van der Waals surface area contributed by atoms with Gasteiger partial charge in [-0.1, -0.05) is 41.0 Å². The summed E-state index contributed by atoms with van der Waals surface area (Å²) in [6.07, 6.45) is 0.773. The zero-order valence-corrected chi connectivity index (χ0v) is 16.9. The van der Waals surface area contributed by atoms with E-state index < -0.39 is 22.3 Å². The molecule has 0 saturated heterocycles. The molecule has 2 aromatic rings. The van der Waals surface area contributed by atoms with Gasteiger partial charge in [-0.15, -0.1) is 0 Å². The molecule has 0 radical (unpaired) electrons. The summed E-state index contributed by atoms with van der Waals surface area (Å²) >= 11 is 13.4. The Morgan fingerprint density at radius 1 is 1.31 bits per heavy atom. The number of nitrogens with zero attached hydrogens (tertiary/aromatic N) is 1. The fourth-order valence-corrected chi connectivity index (χ4v) is 5.10. The van der Waals surface area contributed by atoms with Crippen molar-refractivity contribution in [3.63, 3.8) is 0 Å². The number of rotatable bonds is 4. The second kappa shape index (κ2) is 7.76. The molecular weight excluding hydrogens is 416 g/mol. The number of halogens is 3. The first-order chi connectivity index (χ1) is 12.3. The van der Waals surface area contributed by atoms with Crippen LogP contribution in [0.2, 0.25) is 10.0 Å². The average Bonchev–Trinajstić information content (AvgIpc) is 2.56. The molecule has 1 heterocycles. The standard InChI is InChI=1S/C17H16Cl2FN3OS2/c1-17(6-7-25-16(21)22-17)10-2-4-13(20)14(8-10)23-26(24)15-5-3-11(18)9-12(15)19/h2-5,8-9,23H,6-7H2,1H3,(H2,21,22). The highest BCUT2D eigenvalue weighted by Gasteiger charge is 2.30. The van der Waals surface area contributed by atoms with Crippen LogP contribution in [0.25, 0.3) is 0 Å². The molecule has 2 atom stereocenters. The summed E-state index contributed by atoms with van der Waals surface area (Å²) in [7, 11) is -1.74. The summed E-state index contributed by atoms with van der Waals surface area (Å²) in [4.78, 5) is 4.83. The lowest BCUT2D eigenvalue weighted by Gasteiger charge is -2.30. The zero-order chi connectivity index (χ0) is 18.9. The molecule has 0 saturated carbocycles. The highest BCUT2D eigenvalue weighted by molar-refractivity contribution is 8.13. The molecule has 2 aromatic carbocycles. The molecule has 0 aliphatic carbocycles. The van der Waals surface area contributed by atoms with Crippen LogP contribution in [0.4, 0.5) is 10.1 Å². The Morgan fingerprint density at radius 2 is 2.08 bits per heavy atom. The molecule has 0 spiro atoms. The molecule has 138 valence electrons. The van der Waals surface area contributed by atoms with Gasteiger partial charge in [-0.25, -0.2) is 8.60 Å². The van der Waals surface area contributed by atoms with Crippen LogP contribution in [0, 0.1) is 5.82 Å². The molecule has 9 heteroatoms. The van der Waals surface area contributed by atoms with Gasteiger partial charge in [0.1, 0.15) is 5.82 Å². The number of benzene rings is 2. The quantitative estimate of drug-likeness (QED) is 0.720. The van der Waals surface area contributed by atoms with Gasteiger partial charge in [-0.05, 0) is 49.2 Å². The van der Waals surface area contributed by atoms with E-state index in [4.69, 9.17) is 28.9 Å². The first-order valence-electron chi connectivity index (χ1n) is 7.70. The van der Waals surface area contributed by atoms with Gasteiger partial charge in [0.05, 0.1) is 21.1 Å². The Hall–Kier alpha value is -1.28. The molecule has 1 aliphatic heterocycles. The predicted molar refractivity (Wildman–Crippen MR) is 109 cm³/mol. The Kier molecular flexibility index (Phi) is 5.81. The van der Waals surface area contributed by atoms with E-state index in [2.05, 4.69) is 9.71 Å². The Bertz CT molecular complexity index is 910. The second-order valence-corrected chi connectivity index (χ2v) is 9.10. The molecule has 3 N–H and O–H groups in total. The van der Waals surface area contributed by atoms with Crippen molar-refractivity contribution in [2.24, 2.45) is 10.7 Å². The van der Waals surface area contributed by atoms with E-state index in [1.807, 2.05) is 6.92 Å². The number of aliphatic imine (C=N–C) groups is 1. The molecule has 26 heavy (non-hydrogen) atoms. The minimum atomic E-state index is -1.74. The largest absolute Gasteiger partial charge is 0.379 e. The molecule has 1 aliphatic rings. The number of hydrogen-bond acceptors (Lipinski definition) is 4. The first-order valence-corrected chi connectivity index (χ1v) is 10.6. The van der Waals surface area contributed by atoms with E-state index in [1.54, 1.807) is 24.3 Å². The highest BCUT2D eigenvalue weighted by Crippen LogP contribution is 2.37. The van der Waals surface area contributed by atoms with Gasteiger partial charge in [-0.3, -0.25) is 9.71 Å². The maximum absolute atomic E-state index is 14.3. The van der Waals surface area contributed by atoms with Crippen LogP contribution in [-0.4, -0.2) is 15.1 Å². The summed E-state index contributed by atoms with van der Waals surface area (Å²) in [5.74, 6) is 0.316. The lowest BCUT2D eigenvalue weighted by atomic mass is 9.89. The van der Waals surface area contributed by atoms with Gasteiger partial charge in [0.2, 0.25) is 0 Å². The van der Waals surface area contributed by atoms with E-state index in [0.29, 0.717) is 15.1 Å². The van der Waals surface area contributed by atoms with Crippen molar-refractivity contribution in [3.05, 3.63) is 57.8 Å². The van der Waals surface area contributed by atoms with Crippen LogP contribution in [0.3, 0.4) is 0 Å². The minimum absolute atomic E-state index is 0.111. The average molecular weight is 432 g/mol. The fourth-order valence-electron chi connectivity index (χ4n) is 2.61. The van der Waals surface area contributed by atoms with Crippen LogP contribution in [0.1, 0.15) is 18.9 Å².